The van der Waals surface area contributed by atoms with Crippen molar-refractivity contribution in [3.63, 3.8) is 0 Å². The minimum Gasteiger partial charge on any atom is -0.423 e. The van der Waals surface area contributed by atoms with Crippen molar-refractivity contribution in [1.29, 1.82) is 0 Å². The first kappa shape index (κ1) is 12.9. The van der Waals surface area contributed by atoms with Crippen molar-refractivity contribution in [2.45, 2.75) is 0 Å². The molecule has 4 nitrogen and oxygen atoms in total. The van der Waals surface area contributed by atoms with Crippen LogP contribution in [-0.4, -0.2) is 9.97 Å². The highest BCUT2D eigenvalue weighted by molar-refractivity contribution is 7.22. The number of thiazole rings is 1. The van der Waals surface area contributed by atoms with Gasteiger partial charge in [-0.2, -0.15) is 4.98 Å². The van der Waals surface area contributed by atoms with Gasteiger partial charge in [-0.25, -0.2) is 4.98 Å². The molecule has 21 heavy (non-hydrogen) atoms. The zero-order valence-corrected chi connectivity index (χ0v) is 12.8. The standard InChI is InChI=1S/C14H7Cl2N3OS/c15-7-4-5-10-9(6-7)17-13(20-10)19-14-18-12-8(16)2-1-3-11(12)21-14/h1-6H,(H,17,18,19). The Hall–Kier alpha value is -1.82. The fourth-order valence-electron chi connectivity index (χ4n) is 2.01. The minimum absolute atomic E-state index is 0.377. The predicted octanol–water partition coefficient (Wildman–Crippen LogP) is 5.49. The van der Waals surface area contributed by atoms with Crippen molar-refractivity contribution in [3.05, 3.63) is 46.4 Å². The number of oxazole rings is 1. The van der Waals surface area contributed by atoms with Crippen LogP contribution in [-0.2, 0) is 0 Å². The van der Waals surface area contributed by atoms with Gasteiger partial charge in [0.2, 0.25) is 0 Å². The lowest BCUT2D eigenvalue weighted by atomic mass is 10.3. The summed E-state index contributed by atoms with van der Waals surface area (Å²) in [5.74, 6) is 0. The van der Waals surface area contributed by atoms with Crippen molar-refractivity contribution in [3.8, 4) is 0 Å². The number of hydrogen-bond donors (Lipinski definition) is 1. The molecule has 2 heterocycles. The fraction of sp³-hybridized carbons (Fsp3) is 0. The number of nitrogens with one attached hydrogen (secondary N) is 1. The molecular weight excluding hydrogens is 329 g/mol. The molecule has 0 fully saturated rings. The van der Waals surface area contributed by atoms with Crippen molar-refractivity contribution >= 4 is 67.0 Å². The van der Waals surface area contributed by atoms with E-state index in [1.165, 1.54) is 11.3 Å². The van der Waals surface area contributed by atoms with E-state index in [4.69, 9.17) is 27.6 Å². The third kappa shape index (κ3) is 2.33. The third-order valence-corrected chi connectivity index (χ3v) is 4.41. The number of rotatable bonds is 2. The summed E-state index contributed by atoms with van der Waals surface area (Å²) < 4.78 is 6.61. The van der Waals surface area contributed by atoms with Gasteiger partial charge >= 0.3 is 6.01 Å². The van der Waals surface area contributed by atoms with E-state index in [-0.39, 0.29) is 0 Å². The number of halogens is 2. The normalized spacial score (nSPS) is 11.3. The van der Waals surface area contributed by atoms with E-state index in [9.17, 15) is 0 Å². The van der Waals surface area contributed by atoms with Gasteiger partial charge in [0, 0.05) is 5.02 Å². The number of nitrogens with zero attached hydrogens (tertiary/aromatic N) is 2. The molecule has 2 aromatic heterocycles. The van der Waals surface area contributed by atoms with Gasteiger partial charge in [-0.15, -0.1) is 0 Å². The second-order valence-corrected chi connectivity index (χ2v) is 6.24. The minimum atomic E-state index is 0.377. The van der Waals surface area contributed by atoms with Crippen LogP contribution in [0.5, 0.6) is 0 Å². The van der Waals surface area contributed by atoms with E-state index in [0.717, 1.165) is 10.2 Å². The molecule has 0 unspecified atom stereocenters. The summed E-state index contributed by atoms with van der Waals surface area (Å²) in [4.78, 5) is 8.78. The quantitative estimate of drug-likeness (QED) is 0.526. The lowest BCUT2D eigenvalue weighted by Crippen LogP contribution is -1.88. The van der Waals surface area contributed by atoms with Gasteiger partial charge in [-0.05, 0) is 30.3 Å². The topological polar surface area (TPSA) is 51.0 Å². The van der Waals surface area contributed by atoms with Crippen molar-refractivity contribution in [1.82, 2.24) is 9.97 Å². The number of para-hydroxylation sites is 1. The zero-order valence-electron chi connectivity index (χ0n) is 10.4. The van der Waals surface area contributed by atoms with Gasteiger partial charge in [-0.1, -0.05) is 40.6 Å². The number of anilines is 2. The van der Waals surface area contributed by atoms with Crippen LogP contribution in [0.2, 0.25) is 10.0 Å². The van der Waals surface area contributed by atoms with E-state index in [2.05, 4.69) is 15.3 Å². The Bertz CT molecular complexity index is 963. The molecular formula is C14H7Cl2N3OS. The van der Waals surface area contributed by atoms with Crippen LogP contribution in [0.25, 0.3) is 21.3 Å². The fourth-order valence-corrected chi connectivity index (χ4v) is 3.34. The number of fused-ring (bicyclic) bond motifs is 2. The smallest absolute Gasteiger partial charge is 0.302 e. The van der Waals surface area contributed by atoms with Crippen molar-refractivity contribution in [2.24, 2.45) is 0 Å². The van der Waals surface area contributed by atoms with E-state index in [1.54, 1.807) is 18.2 Å². The maximum atomic E-state index is 6.12. The van der Waals surface area contributed by atoms with Gasteiger partial charge in [0.15, 0.2) is 10.7 Å². The zero-order chi connectivity index (χ0) is 14.4. The van der Waals surface area contributed by atoms with Gasteiger partial charge in [0.1, 0.15) is 11.0 Å². The summed E-state index contributed by atoms with van der Waals surface area (Å²) in [6.07, 6.45) is 0. The molecule has 0 atom stereocenters. The Morgan fingerprint density at radius 3 is 2.86 bits per heavy atom. The molecule has 0 aliphatic rings. The molecule has 0 radical (unpaired) electrons. The molecule has 2 aromatic carbocycles. The van der Waals surface area contributed by atoms with E-state index < -0.39 is 0 Å². The first-order chi connectivity index (χ1) is 10.2. The largest absolute Gasteiger partial charge is 0.423 e. The molecule has 0 saturated heterocycles. The van der Waals surface area contributed by atoms with Gasteiger partial charge < -0.3 is 4.42 Å². The third-order valence-electron chi connectivity index (χ3n) is 2.93. The molecule has 0 saturated carbocycles. The van der Waals surface area contributed by atoms with Crippen LogP contribution in [0.15, 0.2) is 40.8 Å². The molecule has 1 N–H and O–H groups in total. The molecule has 0 aliphatic heterocycles. The second kappa shape index (κ2) is 4.87. The Balaban J connectivity index is 1.73. The van der Waals surface area contributed by atoms with Crippen molar-refractivity contribution < 1.29 is 4.42 Å². The molecule has 4 aromatic rings. The lowest BCUT2D eigenvalue weighted by Gasteiger charge is -1.93. The number of benzene rings is 2. The highest BCUT2D eigenvalue weighted by atomic mass is 35.5. The Kier molecular flexibility index (Phi) is 2.99. The average Bonchev–Trinajstić information content (AvgIpc) is 3.02. The summed E-state index contributed by atoms with van der Waals surface area (Å²) in [5.41, 5.74) is 2.14. The van der Waals surface area contributed by atoms with Crippen LogP contribution in [0, 0.1) is 0 Å². The lowest BCUT2D eigenvalue weighted by molar-refractivity contribution is 0.623. The maximum Gasteiger partial charge on any atom is 0.302 e. The number of hydrogen-bond acceptors (Lipinski definition) is 5. The number of aromatic nitrogens is 2. The molecule has 0 amide bonds. The van der Waals surface area contributed by atoms with E-state index in [1.807, 2.05) is 18.2 Å². The van der Waals surface area contributed by atoms with Gasteiger partial charge in [0.25, 0.3) is 0 Å². The SMILES string of the molecule is Clc1ccc2oc(Nc3nc4c(Cl)cccc4s3)nc2c1. The molecule has 0 spiro atoms. The summed E-state index contributed by atoms with van der Waals surface area (Å²) in [7, 11) is 0. The van der Waals surface area contributed by atoms with E-state index >= 15 is 0 Å². The second-order valence-electron chi connectivity index (χ2n) is 4.36. The van der Waals surface area contributed by atoms with E-state index in [0.29, 0.717) is 32.3 Å². The molecule has 104 valence electrons. The summed E-state index contributed by atoms with van der Waals surface area (Å²) >= 11 is 13.5. The summed E-state index contributed by atoms with van der Waals surface area (Å²) in [6.45, 7) is 0. The Labute approximate surface area is 133 Å². The Morgan fingerprint density at radius 2 is 2.00 bits per heavy atom. The molecule has 0 aliphatic carbocycles. The predicted molar refractivity (Wildman–Crippen MR) is 86.9 cm³/mol. The highest BCUT2D eigenvalue weighted by Crippen LogP contribution is 2.32. The van der Waals surface area contributed by atoms with Crippen LogP contribution >= 0.6 is 34.5 Å². The van der Waals surface area contributed by atoms with Gasteiger partial charge in [0.05, 0.1) is 9.72 Å². The van der Waals surface area contributed by atoms with Crippen LogP contribution in [0.3, 0.4) is 0 Å². The van der Waals surface area contributed by atoms with Crippen LogP contribution in [0.4, 0.5) is 11.1 Å². The van der Waals surface area contributed by atoms with Crippen LogP contribution < -0.4 is 5.32 Å². The van der Waals surface area contributed by atoms with Crippen LogP contribution in [0.1, 0.15) is 0 Å². The maximum absolute atomic E-state index is 6.12. The highest BCUT2D eigenvalue weighted by Gasteiger charge is 2.11. The summed E-state index contributed by atoms with van der Waals surface area (Å²) in [6, 6.07) is 11.4. The monoisotopic (exact) mass is 335 g/mol. The summed E-state index contributed by atoms with van der Waals surface area (Å²) in [5, 5.41) is 4.98. The van der Waals surface area contributed by atoms with Gasteiger partial charge in [-0.3, -0.25) is 5.32 Å². The molecule has 7 heteroatoms. The average molecular weight is 336 g/mol. The van der Waals surface area contributed by atoms with Crippen molar-refractivity contribution in [2.75, 3.05) is 5.32 Å². The molecule has 4 rings (SSSR count). The Morgan fingerprint density at radius 1 is 1.10 bits per heavy atom. The first-order valence-electron chi connectivity index (χ1n) is 6.07. The first-order valence-corrected chi connectivity index (χ1v) is 7.64. The molecule has 0 bridgehead atoms.